The summed E-state index contributed by atoms with van der Waals surface area (Å²) in [7, 11) is 1.87. The maximum Gasteiger partial charge on any atom is 0.236 e. The fourth-order valence-corrected chi connectivity index (χ4v) is 3.33. The molecule has 1 aliphatic rings. The Kier molecular flexibility index (Phi) is 3.19. The molecule has 0 aromatic carbocycles. The van der Waals surface area contributed by atoms with Crippen LogP contribution in [0.25, 0.3) is 0 Å². The molecule has 1 aliphatic heterocycles. The van der Waals surface area contributed by atoms with Gasteiger partial charge in [-0.25, -0.2) is 0 Å². The minimum atomic E-state index is 0.0789. The van der Waals surface area contributed by atoms with Crippen molar-refractivity contribution in [1.29, 1.82) is 0 Å². The van der Waals surface area contributed by atoms with E-state index >= 15 is 0 Å². The van der Waals surface area contributed by atoms with Crippen LogP contribution in [0.2, 0.25) is 0 Å². The Morgan fingerprint density at radius 2 is 2.25 bits per heavy atom. The van der Waals surface area contributed by atoms with Crippen molar-refractivity contribution in [3.63, 3.8) is 0 Å². The van der Waals surface area contributed by atoms with Crippen molar-refractivity contribution in [2.45, 2.75) is 24.5 Å². The quantitative estimate of drug-likeness (QED) is 0.790. The van der Waals surface area contributed by atoms with E-state index < -0.39 is 0 Å². The smallest absolute Gasteiger partial charge is 0.236 e. The van der Waals surface area contributed by atoms with Crippen molar-refractivity contribution >= 4 is 17.7 Å². The SMILES string of the molecule is CC(C)[C@@H]1S[C@@H](c2cccnc2)N(C)C1=O. The molecule has 0 N–H and O–H groups in total. The summed E-state index contributed by atoms with van der Waals surface area (Å²) in [6.07, 6.45) is 3.59. The summed E-state index contributed by atoms with van der Waals surface area (Å²) in [5, 5.41) is 0.198. The van der Waals surface area contributed by atoms with Crippen molar-refractivity contribution < 1.29 is 4.79 Å². The van der Waals surface area contributed by atoms with E-state index in [0.717, 1.165) is 5.56 Å². The average molecular weight is 236 g/mol. The third-order valence-electron chi connectivity index (χ3n) is 2.79. The van der Waals surface area contributed by atoms with E-state index in [1.165, 1.54) is 0 Å². The lowest BCUT2D eigenvalue weighted by Crippen LogP contribution is -2.29. The average Bonchev–Trinajstić information content (AvgIpc) is 2.58. The number of thioether (sulfide) groups is 1. The Bertz CT molecular complexity index is 380. The lowest BCUT2D eigenvalue weighted by atomic mass is 10.1. The lowest BCUT2D eigenvalue weighted by Gasteiger charge is -2.18. The van der Waals surface area contributed by atoms with E-state index in [1.807, 2.05) is 30.3 Å². The molecule has 0 bridgehead atoms. The molecule has 1 saturated heterocycles. The van der Waals surface area contributed by atoms with Crippen molar-refractivity contribution in [3.05, 3.63) is 30.1 Å². The lowest BCUT2D eigenvalue weighted by molar-refractivity contribution is -0.129. The topological polar surface area (TPSA) is 33.2 Å². The molecule has 1 aromatic heterocycles. The van der Waals surface area contributed by atoms with Gasteiger partial charge in [-0.2, -0.15) is 0 Å². The van der Waals surface area contributed by atoms with Crippen LogP contribution < -0.4 is 0 Å². The first kappa shape index (κ1) is 11.5. The fraction of sp³-hybridized carbons (Fsp3) is 0.500. The first-order valence-corrected chi connectivity index (χ1v) is 6.37. The Morgan fingerprint density at radius 3 is 2.75 bits per heavy atom. The maximum absolute atomic E-state index is 12.0. The zero-order valence-electron chi connectivity index (χ0n) is 9.75. The van der Waals surface area contributed by atoms with Crippen molar-refractivity contribution in [1.82, 2.24) is 9.88 Å². The van der Waals surface area contributed by atoms with Crippen molar-refractivity contribution in [3.8, 4) is 0 Å². The summed E-state index contributed by atoms with van der Waals surface area (Å²) in [6.45, 7) is 4.18. The van der Waals surface area contributed by atoms with Gasteiger partial charge < -0.3 is 4.90 Å². The van der Waals surface area contributed by atoms with E-state index in [2.05, 4.69) is 18.8 Å². The minimum Gasteiger partial charge on any atom is -0.329 e. The summed E-state index contributed by atoms with van der Waals surface area (Å²) < 4.78 is 0. The number of amides is 1. The highest BCUT2D eigenvalue weighted by molar-refractivity contribution is 8.01. The molecular formula is C12H16N2OS. The predicted molar refractivity (Wildman–Crippen MR) is 66.0 cm³/mol. The van der Waals surface area contributed by atoms with Crippen LogP contribution in [0, 0.1) is 5.92 Å². The molecule has 2 heterocycles. The molecule has 86 valence electrons. The molecule has 4 heteroatoms. The van der Waals surface area contributed by atoms with E-state index in [1.54, 1.807) is 18.0 Å². The zero-order valence-corrected chi connectivity index (χ0v) is 10.6. The van der Waals surface area contributed by atoms with Crippen LogP contribution in [-0.4, -0.2) is 28.1 Å². The van der Waals surface area contributed by atoms with Gasteiger partial charge in [0.15, 0.2) is 0 Å². The fourth-order valence-electron chi connectivity index (χ4n) is 1.87. The second kappa shape index (κ2) is 4.45. The Morgan fingerprint density at radius 1 is 1.50 bits per heavy atom. The highest BCUT2D eigenvalue weighted by Gasteiger charge is 2.40. The Labute approximate surface area is 100 Å². The molecule has 2 rings (SSSR count). The van der Waals surface area contributed by atoms with Crippen LogP contribution >= 0.6 is 11.8 Å². The number of carbonyl (C=O) groups is 1. The molecule has 0 unspecified atom stereocenters. The van der Waals surface area contributed by atoms with Gasteiger partial charge in [0.25, 0.3) is 0 Å². The van der Waals surface area contributed by atoms with Gasteiger partial charge in [0.2, 0.25) is 5.91 Å². The zero-order chi connectivity index (χ0) is 11.7. The van der Waals surface area contributed by atoms with Crippen LogP contribution in [-0.2, 0) is 4.79 Å². The van der Waals surface area contributed by atoms with E-state index in [0.29, 0.717) is 5.92 Å². The standard InChI is InChI=1S/C12H16N2OS/c1-8(2)10-11(15)14(3)12(16-10)9-5-4-6-13-7-9/h4-8,10,12H,1-3H3/t10-,12-/m0/s1. The number of carbonyl (C=O) groups excluding carboxylic acids is 1. The highest BCUT2D eigenvalue weighted by atomic mass is 32.2. The number of hydrogen-bond acceptors (Lipinski definition) is 3. The molecule has 0 saturated carbocycles. The third kappa shape index (κ3) is 1.94. The Hall–Kier alpha value is -1.03. The summed E-state index contributed by atoms with van der Waals surface area (Å²) >= 11 is 1.72. The second-order valence-corrected chi connectivity index (χ2v) is 5.62. The molecule has 0 spiro atoms. The normalized spacial score (nSPS) is 25.5. The van der Waals surface area contributed by atoms with Crippen molar-refractivity contribution in [2.24, 2.45) is 5.92 Å². The monoisotopic (exact) mass is 236 g/mol. The first-order valence-electron chi connectivity index (χ1n) is 5.43. The molecule has 1 fully saturated rings. The third-order valence-corrected chi connectivity index (χ3v) is 4.68. The number of nitrogens with zero attached hydrogens (tertiary/aromatic N) is 2. The number of pyridine rings is 1. The van der Waals surface area contributed by atoms with Crippen LogP contribution in [0.5, 0.6) is 0 Å². The predicted octanol–water partition coefficient (Wildman–Crippen LogP) is 2.31. The van der Waals surface area contributed by atoms with Crippen LogP contribution in [0.4, 0.5) is 0 Å². The summed E-state index contributed by atoms with van der Waals surface area (Å²) in [5.41, 5.74) is 1.10. The molecule has 16 heavy (non-hydrogen) atoms. The second-order valence-electron chi connectivity index (χ2n) is 4.39. The van der Waals surface area contributed by atoms with Crippen LogP contribution in [0.3, 0.4) is 0 Å². The molecule has 0 radical (unpaired) electrons. The van der Waals surface area contributed by atoms with Gasteiger partial charge in [0, 0.05) is 25.0 Å². The Balaban J connectivity index is 2.23. The van der Waals surface area contributed by atoms with Crippen LogP contribution in [0.15, 0.2) is 24.5 Å². The van der Waals surface area contributed by atoms with Crippen molar-refractivity contribution in [2.75, 3.05) is 7.05 Å². The number of rotatable bonds is 2. The van der Waals surface area contributed by atoms with Gasteiger partial charge in [0.05, 0.1) is 5.25 Å². The van der Waals surface area contributed by atoms with Crippen LogP contribution in [0.1, 0.15) is 24.8 Å². The maximum atomic E-state index is 12.0. The van der Waals surface area contributed by atoms with E-state index in [-0.39, 0.29) is 16.5 Å². The highest BCUT2D eigenvalue weighted by Crippen LogP contribution is 2.44. The molecular weight excluding hydrogens is 220 g/mol. The van der Waals surface area contributed by atoms with E-state index in [9.17, 15) is 4.79 Å². The van der Waals surface area contributed by atoms with E-state index in [4.69, 9.17) is 0 Å². The number of aromatic nitrogens is 1. The summed E-state index contributed by atoms with van der Waals surface area (Å²) in [6, 6.07) is 3.94. The largest absolute Gasteiger partial charge is 0.329 e. The van der Waals surface area contributed by atoms with Gasteiger partial charge in [-0.05, 0) is 12.0 Å². The molecule has 0 aliphatic carbocycles. The molecule has 2 atom stereocenters. The van der Waals surface area contributed by atoms with Gasteiger partial charge in [-0.1, -0.05) is 19.9 Å². The van der Waals surface area contributed by atoms with Gasteiger partial charge in [-0.3, -0.25) is 9.78 Å². The summed E-state index contributed by atoms with van der Waals surface area (Å²) in [5.74, 6) is 0.607. The minimum absolute atomic E-state index is 0.0789. The van der Waals surface area contributed by atoms with Gasteiger partial charge in [0.1, 0.15) is 5.37 Å². The van der Waals surface area contributed by atoms with Gasteiger partial charge >= 0.3 is 0 Å². The molecule has 3 nitrogen and oxygen atoms in total. The molecule has 1 amide bonds. The summed E-state index contributed by atoms with van der Waals surface area (Å²) in [4.78, 5) is 17.9. The number of hydrogen-bond donors (Lipinski definition) is 0. The van der Waals surface area contributed by atoms with Gasteiger partial charge in [-0.15, -0.1) is 11.8 Å². The molecule has 1 aromatic rings. The first-order chi connectivity index (χ1) is 7.61.